The number of amides is 1. The maximum absolute atomic E-state index is 12.5. The van der Waals surface area contributed by atoms with E-state index in [1.54, 1.807) is 0 Å². The molecule has 29 heavy (non-hydrogen) atoms. The number of benzene rings is 1. The molecule has 1 amide bonds. The third-order valence-corrected chi connectivity index (χ3v) is 5.41. The topological polar surface area (TPSA) is 76.6 Å². The fourth-order valence-electron chi connectivity index (χ4n) is 3.98. The molecule has 1 aromatic carbocycles. The van der Waals surface area contributed by atoms with Crippen LogP contribution < -0.4 is 15.0 Å². The fourth-order valence-corrected chi connectivity index (χ4v) is 3.98. The van der Waals surface area contributed by atoms with Crippen molar-refractivity contribution in [1.29, 1.82) is 0 Å². The van der Waals surface area contributed by atoms with E-state index in [1.165, 1.54) is 0 Å². The van der Waals surface area contributed by atoms with Gasteiger partial charge in [-0.2, -0.15) is 0 Å². The van der Waals surface area contributed by atoms with Crippen molar-refractivity contribution >= 4 is 11.9 Å². The molecule has 7 nitrogen and oxygen atoms in total. The number of ether oxygens (including phenoxy) is 2. The van der Waals surface area contributed by atoms with E-state index in [1.807, 2.05) is 36.5 Å². The van der Waals surface area contributed by atoms with E-state index in [0.29, 0.717) is 19.0 Å². The van der Waals surface area contributed by atoms with Crippen LogP contribution in [0.5, 0.6) is 5.75 Å². The molecule has 1 aliphatic carbocycles. The number of carbonyl (C=O) groups is 1. The molecule has 1 N–H and O–H groups in total. The number of morpholine rings is 1. The zero-order chi connectivity index (χ0) is 20.3. The second-order valence-electron chi connectivity index (χ2n) is 8.44. The lowest BCUT2D eigenvalue weighted by molar-refractivity contribution is -0.124. The van der Waals surface area contributed by atoms with Crippen LogP contribution in [-0.2, 0) is 16.0 Å². The van der Waals surface area contributed by atoms with Crippen molar-refractivity contribution in [2.24, 2.45) is 5.41 Å². The number of carbonyl (C=O) groups excluding carboxylic acids is 1. The van der Waals surface area contributed by atoms with E-state index in [0.717, 1.165) is 43.1 Å². The molecule has 1 aliphatic heterocycles. The number of para-hydroxylation sites is 1. The van der Waals surface area contributed by atoms with Crippen LogP contribution >= 0.6 is 0 Å². The van der Waals surface area contributed by atoms with Gasteiger partial charge in [-0.1, -0.05) is 32.0 Å². The van der Waals surface area contributed by atoms with Gasteiger partial charge in [0, 0.05) is 24.8 Å². The van der Waals surface area contributed by atoms with Crippen LogP contribution in [0.3, 0.4) is 0 Å². The Hall–Kier alpha value is -2.67. The Balaban J connectivity index is 1.47. The largest absolute Gasteiger partial charge is 0.484 e. The predicted molar refractivity (Wildman–Crippen MR) is 110 cm³/mol. The Bertz CT molecular complexity index is 850. The summed E-state index contributed by atoms with van der Waals surface area (Å²) in [4.78, 5) is 24.1. The van der Waals surface area contributed by atoms with Gasteiger partial charge in [0.25, 0.3) is 5.91 Å². The SMILES string of the molecule is CC1(C)Cc2nc(N3CCOCC3)ncc2[C@H](NC(=O)COc2ccccc2)C1. The number of rotatable bonds is 5. The van der Waals surface area contributed by atoms with E-state index in [4.69, 9.17) is 14.5 Å². The van der Waals surface area contributed by atoms with Crippen molar-refractivity contribution in [2.45, 2.75) is 32.7 Å². The van der Waals surface area contributed by atoms with Crippen molar-refractivity contribution in [3.8, 4) is 5.75 Å². The zero-order valence-corrected chi connectivity index (χ0v) is 17.1. The minimum absolute atomic E-state index is 0.0109. The molecule has 2 aliphatic rings. The van der Waals surface area contributed by atoms with Crippen LogP contribution in [0.25, 0.3) is 0 Å². The highest BCUT2D eigenvalue weighted by atomic mass is 16.5. The predicted octanol–water partition coefficient (Wildman–Crippen LogP) is 2.52. The van der Waals surface area contributed by atoms with E-state index in [9.17, 15) is 4.79 Å². The van der Waals surface area contributed by atoms with Gasteiger partial charge in [-0.15, -0.1) is 0 Å². The number of hydrogen-bond acceptors (Lipinski definition) is 6. The molecular formula is C22H28N4O3. The molecule has 1 aromatic heterocycles. The summed E-state index contributed by atoms with van der Waals surface area (Å²) >= 11 is 0. The summed E-state index contributed by atoms with van der Waals surface area (Å²) < 4.78 is 11.0. The highest BCUT2D eigenvalue weighted by Crippen LogP contribution is 2.40. The average molecular weight is 396 g/mol. The lowest BCUT2D eigenvalue weighted by atomic mass is 9.74. The highest BCUT2D eigenvalue weighted by molar-refractivity contribution is 5.78. The average Bonchev–Trinajstić information content (AvgIpc) is 2.72. The second-order valence-corrected chi connectivity index (χ2v) is 8.44. The fraction of sp³-hybridized carbons (Fsp3) is 0.500. The molecule has 1 fully saturated rings. The van der Waals surface area contributed by atoms with Crippen LogP contribution in [0.2, 0.25) is 0 Å². The van der Waals surface area contributed by atoms with Gasteiger partial charge in [0.05, 0.1) is 24.9 Å². The molecule has 7 heteroatoms. The molecule has 0 radical (unpaired) electrons. The molecular weight excluding hydrogens is 368 g/mol. The minimum Gasteiger partial charge on any atom is -0.484 e. The smallest absolute Gasteiger partial charge is 0.258 e. The Labute approximate surface area is 171 Å². The monoisotopic (exact) mass is 396 g/mol. The molecule has 0 spiro atoms. The van der Waals surface area contributed by atoms with Crippen molar-refractivity contribution in [1.82, 2.24) is 15.3 Å². The molecule has 1 saturated heterocycles. The third-order valence-electron chi connectivity index (χ3n) is 5.41. The van der Waals surface area contributed by atoms with Gasteiger partial charge in [0.1, 0.15) is 5.75 Å². The van der Waals surface area contributed by atoms with Crippen LogP contribution in [-0.4, -0.2) is 48.8 Å². The van der Waals surface area contributed by atoms with Crippen LogP contribution in [0.4, 0.5) is 5.95 Å². The maximum atomic E-state index is 12.5. The quantitative estimate of drug-likeness (QED) is 0.837. The highest BCUT2D eigenvalue weighted by Gasteiger charge is 2.35. The first-order valence-electron chi connectivity index (χ1n) is 10.2. The molecule has 1 atom stereocenters. The van der Waals surface area contributed by atoms with Gasteiger partial charge in [0.15, 0.2) is 6.61 Å². The molecule has 4 rings (SSSR count). The molecule has 154 valence electrons. The molecule has 0 unspecified atom stereocenters. The number of anilines is 1. The van der Waals surface area contributed by atoms with Crippen molar-refractivity contribution in [3.05, 3.63) is 47.8 Å². The first-order chi connectivity index (χ1) is 14.0. The normalized spacial score (nSPS) is 20.6. The van der Waals surface area contributed by atoms with Gasteiger partial charge < -0.3 is 19.7 Å². The Morgan fingerprint density at radius 3 is 2.79 bits per heavy atom. The summed E-state index contributed by atoms with van der Waals surface area (Å²) in [6.07, 6.45) is 3.60. The van der Waals surface area contributed by atoms with Crippen molar-refractivity contribution in [2.75, 3.05) is 37.8 Å². The van der Waals surface area contributed by atoms with Gasteiger partial charge in [0.2, 0.25) is 5.95 Å². The van der Waals surface area contributed by atoms with Crippen LogP contribution in [0, 0.1) is 5.41 Å². The van der Waals surface area contributed by atoms with E-state index >= 15 is 0 Å². The molecule has 0 bridgehead atoms. The van der Waals surface area contributed by atoms with E-state index < -0.39 is 0 Å². The summed E-state index contributed by atoms with van der Waals surface area (Å²) in [6, 6.07) is 9.26. The van der Waals surface area contributed by atoms with E-state index in [-0.39, 0.29) is 24.0 Å². The van der Waals surface area contributed by atoms with Crippen LogP contribution in [0.1, 0.15) is 37.6 Å². The van der Waals surface area contributed by atoms with Gasteiger partial charge in [-0.3, -0.25) is 4.79 Å². The Morgan fingerprint density at radius 2 is 2.03 bits per heavy atom. The number of fused-ring (bicyclic) bond motifs is 1. The van der Waals surface area contributed by atoms with Gasteiger partial charge in [-0.05, 0) is 30.4 Å². The standard InChI is InChI=1S/C22H28N4O3/c1-22(2)12-18(24-20(27)15-29-16-6-4-3-5-7-16)17-14-23-21(25-19(17)13-22)26-8-10-28-11-9-26/h3-7,14,18H,8-13,15H2,1-2H3,(H,24,27)/t18-/m1/s1. The van der Waals surface area contributed by atoms with Gasteiger partial charge in [-0.25, -0.2) is 9.97 Å². The van der Waals surface area contributed by atoms with Crippen molar-refractivity contribution in [3.63, 3.8) is 0 Å². The number of nitrogens with zero attached hydrogens (tertiary/aromatic N) is 3. The molecule has 2 heterocycles. The lowest BCUT2D eigenvalue weighted by Gasteiger charge is -2.37. The summed E-state index contributed by atoms with van der Waals surface area (Å²) in [6.45, 7) is 7.43. The molecule has 0 saturated carbocycles. The number of hydrogen-bond donors (Lipinski definition) is 1. The van der Waals surface area contributed by atoms with Crippen molar-refractivity contribution < 1.29 is 14.3 Å². The second kappa shape index (κ2) is 8.37. The third kappa shape index (κ3) is 4.85. The summed E-state index contributed by atoms with van der Waals surface area (Å²) in [5.41, 5.74) is 2.07. The zero-order valence-electron chi connectivity index (χ0n) is 17.1. The molecule has 2 aromatic rings. The minimum atomic E-state index is -0.139. The Kier molecular flexibility index (Phi) is 5.67. The summed E-state index contributed by atoms with van der Waals surface area (Å²) in [5, 5.41) is 3.12. The first kappa shape index (κ1) is 19.6. The number of aromatic nitrogens is 2. The number of nitrogens with one attached hydrogen (secondary N) is 1. The van der Waals surface area contributed by atoms with Gasteiger partial charge >= 0.3 is 0 Å². The maximum Gasteiger partial charge on any atom is 0.258 e. The van der Waals surface area contributed by atoms with Crippen LogP contribution in [0.15, 0.2) is 36.5 Å². The summed E-state index contributed by atoms with van der Waals surface area (Å²) in [5.74, 6) is 1.30. The lowest BCUT2D eigenvalue weighted by Crippen LogP contribution is -2.40. The van der Waals surface area contributed by atoms with E-state index in [2.05, 4.69) is 29.0 Å². The Morgan fingerprint density at radius 1 is 1.28 bits per heavy atom. The first-order valence-corrected chi connectivity index (χ1v) is 10.2. The summed E-state index contributed by atoms with van der Waals surface area (Å²) in [7, 11) is 0.